The van der Waals surface area contributed by atoms with Gasteiger partial charge in [0.2, 0.25) is 0 Å². The minimum absolute atomic E-state index is 0.233. The van der Waals surface area contributed by atoms with Gasteiger partial charge in [-0.3, -0.25) is 0 Å². The van der Waals surface area contributed by atoms with Crippen LogP contribution in [0, 0.1) is 12.3 Å². The van der Waals surface area contributed by atoms with E-state index in [0.29, 0.717) is 6.42 Å². The number of carboxylic acid groups (broad SMARTS) is 1. The lowest BCUT2D eigenvalue weighted by molar-refractivity contribution is 0.0694. The molecule has 1 aromatic rings. The summed E-state index contributed by atoms with van der Waals surface area (Å²) in [6.07, 6.45) is 6.78. The lowest BCUT2D eigenvalue weighted by Gasteiger charge is -2.13. The zero-order valence-electron chi connectivity index (χ0n) is 11.0. The van der Waals surface area contributed by atoms with Crippen LogP contribution in [-0.2, 0) is 0 Å². The number of nitrogens with one attached hydrogen (secondary N) is 2. The topological polar surface area (TPSA) is 98.7 Å². The fourth-order valence-corrected chi connectivity index (χ4v) is 1.60. The van der Waals surface area contributed by atoms with E-state index in [9.17, 15) is 14.7 Å². The van der Waals surface area contributed by atoms with Crippen molar-refractivity contribution < 1.29 is 19.8 Å². The van der Waals surface area contributed by atoms with Crippen LogP contribution in [0.15, 0.2) is 18.2 Å². The summed E-state index contributed by atoms with van der Waals surface area (Å²) >= 11 is 0. The lowest BCUT2D eigenvalue weighted by atomic mass is 10.2. The summed E-state index contributed by atoms with van der Waals surface area (Å²) < 4.78 is 0. The molecule has 4 N–H and O–H groups in total. The van der Waals surface area contributed by atoms with Crippen molar-refractivity contribution in [1.82, 2.24) is 5.32 Å². The summed E-state index contributed by atoms with van der Waals surface area (Å²) in [6, 6.07) is 2.87. The number of urea groups is 1. The number of amides is 2. The molecule has 0 heterocycles. The molecule has 6 nitrogen and oxygen atoms in total. The van der Waals surface area contributed by atoms with Gasteiger partial charge in [0.15, 0.2) is 0 Å². The number of carboxylic acids is 1. The Balaban J connectivity index is 2.69. The largest absolute Gasteiger partial charge is 0.507 e. The Kier molecular flexibility index (Phi) is 5.42. The van der Waals surface area contributed by atoms with Crippen molar-refractivity contribution in [3.05, 3.63) is 23.8 Å². The molecule has 1 aromatic carbocycles. The number of aromatic carboxylic acids is 1. The maximum Gasteiger partial charge on any atom is 0.339 e. The first-order valence-corrected chi connectivity index (χ1v) is 6.07. The molecule has 2 amide bonds. The highest BCUT2D eigenvalue weighted by molar-refractivity contribution is 5.94. The average molecular weight is 276 g/mol. The van der Waals surface area contributed by atoms with Gasteiger partial charge in [-0.15, -0.1) is 6.42 Å². The molecule has 0 spiro atoms. The van der Waals surface area contributed by atoms with E-state index in [1.54, 1.807) is 0 Å². The van der Waals surface area contributed by atoms with Crippen LogP contribution in [0.1, 0.15) is 30.1 Å². The second kappa shape index (κ2) is 7.04. The number of carbonyl (C=O) groups is 2. The fourth-order valence-electron chi connectivity index (χ4n) is 1.60. The van der Waals surface area contributed by atoms with Crippen molar-refractivity contribution in [3.8, 4) is 18.1 Å². The van der Waals surface area contributed by atoms with Gasteiger partial charge in [0, 0.05) is 11.8 Å². The van der Waals surface area contributed by atoms with E-state index in [-0.39, 0.29) is 17.3 Å². The van der Waals surface area contributed by atoms with Gasteiger partial charge in [-0.25, -0.2) is 9.59 Å². The van der Waals surface area contributed by atoms with Crippen molar-refractivity contribution in [1.29, 1.82) is 0 Å². The summed E-state index contributed by atoms with van der Waals surface area (Å²) in [5.74, 6) is 0.795. The second-order valence-electron chi connectivity index (χ2n) is 4.14. The number of terminal acetylenes is 1. The molecular formula is C14H16N2O4. The molecule has 0 aromatic heterocycles. The van der Waals surface area contributed by atoms with Crippen LogP contribution < -0.4 is 10.6 Å². The number of hydrogen-bond acceptors (Lipinski definition) is 3. The predicted octanol–water partition coefficient (Wildman–Crippen LogP) is 2.01. The van der Waals surface area contributed by atoms with Crippen molar-refractivity contribution in [2.24, 2.45) is 0 Å². The Morgan fingerprint density at radius 3 is 2.65 bits per heavy atom. The molecular weight excluding hydrogens is 260 g/mol. The minimum atomic E-state index is -1.24. The summed E-state index contributed by atoms with van der Waals surface area (Å²) in [4.78, 5) is 22.4. The number of aromatic hydroxyl groups is 1. The Morgan fingerprint density at radius 2 is 2.15 bits per heavy atom. The number of anilines is 1. The maximum atomic E-state index is 11.7. The Hall–Kier alpha value is -2.68. The Morgan fingerprint density at radius 1 is 1.45 bits per heavy atom. The molecule has 20 heavy (non-hydrogen) atoms. The third kappa shape index (κ3) is 4.21. The SMILES string of the molecule is C#CC(CCC)NC(=O)Nc1ccc(C(=O)O)c(O)c1. The quantitative estimate of drug-likeness (QED) is 0.618. The molecule has 1 rings (SSSR count). The van der Waals surface area contributed by atoms with Gasteiger partial charge in [-0.2, -0.15) is 0 Å². The van der Waals surface area contributed by atoms with Crippen LogP contribution >= 0.6 is 0 Å². The van der Waals surface area contributed by atoms with Crippen LogP contribution in [0.2, 0.25) is 0 Å². The first kappa shape index (κ1) is 15.4. The summed E-state index contributed by atoms with van der Waals surface area (Å²) in [6.45, 7) is 1.95. The van der Waals surface area contributed by atoms with Gasteiger partial charge in [0.25, 0.3) is 0 Å². The summed E-state index contributed by atoms with van der Waals surface area (Å²) in [7, 11) is 0. The van der Waals surface area contributed by atoms with Crippen molar-refractivity contribution in [2.75, 3.05) is 5.32 Å². The van der Waals surface area contributed by atoms with Crippen LogP contribution in [0.25, 0.3) is 0 Å². The van der Waals surface area contributed by atoms with Crippen LogP contribution in [-0.4, -0.2) is 28.3 Å². The van der Waals surface area contributed by atoms with Crippen LogP contribution in [0.5, 0.6) is 5.75 Å². The summed E-state index contributed by atoms with van der Waals surface area (Å²) in [5, 5.41) is 23.3. The van der Waals surface area contributed by atoms with Gasteiger partial charge >= 0.3 is 12.0 Å². The zero-order chi connectivity index (χ0) is 15.1. The lowest BCUT2D eigenvalue weighted by Crippen LogP contribution is -2.36. The average Bonchev–Trinajstić information content (AvgIpc) is 2.37. The highest BCUT2D eigenvalue weighted by atomic mass is 16.4. The summed E-state index contributed by atoms with van der Waals surface area (Å²) in [5.41, 5.74) is 0.0423. The normalized spacial score (nSPS) is 11.2. The van der Waals surface area contributed by atoms with Gasteiger partial charge in [0.1, 0.15) is 11.3 Å². The Labute approximate surface area is 116 Å². The molecule has 1 unspecified atom stereocenters. The van der Waals surface area contributed by atoms with Crippen LogP contribution in [0.3, 0.4) is 0 Å². The van der Waals surface area contributed by atoms with Crippen LogP contribution in [0.4, 0.5) is 10.5 Å². The van der Waals surface area contributed by atoms with E-state index < -0.39 is 17.7 Å². The molecule has 0 aliphatic carbocycles. The van der Waals surface area contributed by atoms with E-state index >= 15 is 0 Å². The first-order valence-electron chi connectivity index (χ1n) is 6.07. The number of rotatable bonds is 5. The number of phenols is 1. The van der Waals surface area contributed by atoms with Crippen molar-refractivity contribution in [2.45, 2.75) is 25.8 Å². The molecule has 0 aliphatic rings. The smallest absolute Gasteiger partial charge is 0.339 e. The highest BCUT2D eigenvalue weighted by Gasteiger charge is 2.12. The van der Waals surface area contributed by atoms with E-state index in [1.165, 1.54) is 12.1 Å². The van der Waals surface area contributed by atoms with E-state index in [0.717, 1.165) is 12.5 Å². The standard InChI is InChI=1S/C14H16N2O4/c1-3-5-9(4-2)15-14(20)16-10-6-7-11(13(18)19)12(17)8-10/h2,6-9,17H,3,5H2,1H3,(H,18,19)(H2,15,16,20). The molecule has 0 saturated carbocycles. The molecule has 0 fully saturated rings. The van der Waals surface area contributed by atoms with Crippen molar-refractivity contribution in [3.63, 3.8) is 0 Å². The van der Waals surface area contributed by atoms with Crippen molar-refractivity contribution >= 4 is 17.7 Å². The third-order valence-electron chi connectivity index (χ3n) is 2.57. The fraction of sp³-hybridized carbons (Fsp3) is 0.286. The molecule has 0 saturated heterocycles. The number of carbonyl (C=O) groups excluding carboxylic acids is 1. The molecule has 0 aliphatic heterocycles. The monoisotopic (exact) mass is 276 g/mol. The second-order valence-corrected chi connectivity index (χ2v) is 4.14. The van der Waals surface area contributed by atoms with E-state index in [1.807, 2.05) is 6.92 Å². The zero-order valence-corrected chi connectivity index (χ0v) is 11.0. The van der Waals surface area contributed by atoms with Gasteiger partial charge in [-0.1, -0.05) is 19.3 Å². The first-order chi connectivity index (χ1) is 9.47. The molecule has 1 atom stereocenters. The van der Waals surface area contributed by atoms with Gasteiger partial charge in [-0.05, 0) is 18.6 Å². The molecule has 0 radical (unpaired) electrons. The predicted molar refractivity (Wildman–Crippen MR) is 74.7 cm³/mol. The number of hydrogen-bond donors (Lipinski definition) is 4. The van der Waals surface area contributed by atoms with Gasteiger partial charge in [0.05, 0.1) is 6.04 Å². The number of benzene rings is 1. The van der Waals surface area contributed by atoms with Gasteiger partial charge < -0.3 is 20.8 Å². The Bertz CT molecular complexity index is 549. The van der Waals surface area contributed by atoms with E-state index in [2.05, 4.69) is 16.6 Å². The maximum absolute atomic E-state index is 11.7. The highest BCUT2D eigenvalue weighted by Crippen LogP contribution is 2.21. The molecule has 6 heteroatoms. The molecule has 106 valence electrons. The minimum Gasteiger partial charge on any atom is -0.507 e. The third-order valence-corrected chi connectivity index (χ3v) is 2.57. The molecule has 0 bridgehead atoms. The van der Waals surface area contributed by atoms with E-state index in [4.69, 9.17) is 11.5 Å².